The van der Waals surface area contributed by atoms with Gasteiger partial charge in [-0.1, -0.05) is 48.5 Å². The van der Waals surface area contributed by atoms with Crippen molar-refractivity contribution in [1.29, 1.82) is 0 Å². The molecule has 0 radical (unpaired) electrons. The summed E-state index contributed by atoms with van der Waals surface area (Å²) < 4.78 is 41.1. The van der Waals surface area contributed by atoms with Crippen LogP contribution < -0.4 is 5.32 Å². The third-order valence-electron chi connectivity index (χ3n) is 4.73. The Hall–Kier alpha value is -3.45. The van der Waals surface area contributed by atoms with Gasteiger partial charge in [-0.05, 0) is 35.9 Å². The van der Waals surface area contributed by atoms with E-state index in [1.54, 1.807) is 59.3 Å². The molecule has 4 rings (SSSR count). The molecule has 0 fully saturated rings. The molecule has 0 spiro atoms. The fraction of sp³-hybridized carbons (Fsp3) is 0.0870. The highest BCUT2D eigenvalue weighted by molar-refractivity contribution is 7.92. The SMILES string of the molecule is O=C(CS(=O)(=O)c1cn(Cc2ccc(F)cc2)c2ccccc12)Nc1ccccc1. The van der Waals surface area contributed by atoms with Gasteiger partial charge < -0.3 is 9.88 Å². The van der Waals surface area contributed by atoms with Crippen LogP contribution >= 0.6 is 0 Å². The highest BCUT2D eigenvalue weighted by Gasteiger charge is 2.24. The molecular formula is C23H19FN2O3S. The van der Waals surface area contributed by atoms with Gasteiger partial charge in [-0.15, -0.1) is 0 Å². The summed E-state index contributed by atoms with van der Waals surface area (Å²) in [6, 6.07) is 21.9. The lowest BCUT2D eigenvalue weighted by atomic mass is 10.2. The minimum absolute atomic E-state index is 0.100. The smallest absolute Gasteiger partial charge is 0.239 e. The highest BCUT2D eigenvalue weighted by Crippen LogP contribution is 2.27. The van der Waals surface area contributed by atoms with E-state index in [4.69, 9.17) is 0 Å². The molecule has 152 valence electrons. The van der Waals surface area contributed by atoms with Gasteiger partial charge in [0.1, 0.15) is 11.6 Å². The fourth-order valence-electron chi connectivity index (χ4n) is 3.35. The summed E-state index contributed by atoms with van der Waals surface area (Å²) in [7, 11) is -3.88. The number of halogens is 1. The Balaban J connectivity index is 1.64. The molecule has 0 saturated carbocycles. The number of nitrogens with one attached hydrogen (secondary N) is 1. The molecular weight excluding hydrogens is 403 g/mol. The number of fused-ring (bicyclic) bond motifs is 1. The van der Waals surface area contributed by atoms with Gasteiger partial charge in [0.05, 0.1) is 4.90 Å². The predicted octanol–water partition coefficient (Wildman–Crippen LogP) is 4.24. The standard InChI is InChI=1S/C23H19FN2O3S/c24-18-12-10-17(11-13-18)14-26-15-22(20-8-4-5-9-21(20)26)30(28,29)16-23(27)25-19-6-2-1-3-7-19/h1-13,15H,14,16H2,(H,25,27). The van der Waals surface area contributed by atoms with Crippen LogP contribution in [0.5, 0.6) is 0 Å². The summed E-state index contributed by atoms with van der Waals surface area (Å²) in [6.07, 6.45) is 1.54. The fourth-order valence-corrected chi connectivity index (χ4v) is 4.72. The van der Waals surface area contributed by atoms with E-state index >= 15 is 0 Å². The zero-order valence-corrected chi connectivity index (χ0v) is 16.8. The molecule has 3 aromatic carbocycles. The Morgan fingerprint density at radius 3 is 2.30 bits per heavy atom. The Morgan fingerprint density at radius 1 is 0.900 bits per heavy atom. The second-order valence-electron chi connectivity index (χ2n) is 6.94. The number of benzene rings is 3. The van der Waals surface area contributed by atoms with E-state index in [-0.39, 0.29) is 10.7 Å². The lowest BCUT2D eigenvalue weighted by Crippen LogP contribution is -2.22. The lowest BCUT2D eigenvalue weighted by Gasteiger charge is -2.06. The first-order valence-electron chi connectivity index (χ1n) is 9.32. The van der Waals surface area contributed by atoms with Crippen molar-refractivity contribution in [3.8, 4) is 0 Å². The van der Waals surface area contributed by atoms with Crippen molar-refractivity contribution in [2.75, 3.05) is 11.1 Å². The average molecular weight is 422 g/mol. The molecule has 0 atom stereocenters. The van der Waals surface area contributed by atoms with Crippen molar-refractivity contribution in [2.24, 2.45) is 0 Å². The van der Waals surface area contributed by atoms with Gasteiger partial charge in [0.25, 0.3) is 0 Å². The molecule has 1 aromatic heterocycles. The largest absolute Gasteiger partial charge is 0.342 e. The Kier molecular flexibility index (Phi) is 5.37. The van der Waals surface area contributed by atoms with Crippen molar-refractivity contribution < 1.29 is 17.6 Å². The minimum Gasteiger partial charge on any atom is -0.342 e. The third kappa shape index (κ3) is 4.26. The number of para-hydroxylation sites is 2. The second-order valence-corrected chi connectivity index (χ2v) is 8.90. The quantitative estimate of drug-likeness (QED) is 0.505. The first-order chi connectivity index (χ1) is 14.4. The molecule has 1 amide bonds. The Labute approximate surface area is 173 Å². The van der Waals surface area contributed by atoms with Gasteiger partial charge in [0, 0.05) is 29.3 Å². The van der Waals surface area contributed by atoms with Gasteiger partial charge in [0.15, 0.2) is 9.84 Å². The molecule has 1 N–H and O–H groups in total. The van der Waals surface area contributed by atoms with Gasteiger partial charge in [-0.3, -0.25) is 4.79 Å². The van der Waals surface area contributed by atoms with Gasteiger partial charge in [-0.2, -0.15) is 0 Å². The zero-order valence-electron chi connectivity index (χ0n) is 16.0. The first kappa shape index (κ1) is 19.8. The first-order valence-corrected chi connectivity index (χ1v) is 11.0. The van der Waals surface area contributed by atoms with Crippen LogP contribution in [-0.4, -0.2) is 24.6 Å². The molecule has 0 saturated heterocycles. The second kappa shape index (κ2) is 8.12. The maximum absolute atomic E-state index is 13.2. The molecule has 1 heterocycles. The van der Waals surface area contributed by atoms with E-state index < -0.39 is 21.5 Å². The van der Waals surface area contributed by atoms with E-state index in [9.17, 15) is 17.6 Å². The molecule has 4 aromatic rings. The Bertz CT molecular complexity index is 1300. The van der Waals surface area contributed by atoms with Crippen LogP contribution in [0.25, 0.3) is 10.9 Å². The highest BCUT2D eigenvalue weighted by atomic mass is 32.2. The number of aromatic nitrogens is 1. The van der Waals surface area contributed by atoms with Crippen LogP contribution in [0.4, 0.5) is 10.1 Å². The summed E-state index contributed by atoms with van der Waals surface area (Å²) in [4.78, 5) is 12.4. The normalized spacial score (nSPS) is 11.5. The molecule has 30 heavy (non-hydrogen) atoms. The summed E-state index contributed by atoms with van der Waals surface area (Å²) in [5.41, 5.74) is 2.10. The summed E-state index contributed by atoms with van der Waals surface area (Å²) >= 11 is 0. The number of nitrogens with zero attached hydrogens (tertiary/aromatic N) is 1. The van der Waals surface area contributed by atoms with Crippen LogP contribution in [0, 0.1) is 5.82 Å². The summed E-state index contributed by atoms with van der Waals surface area (Å²) in [5, 5.41) is 3.16. The Morgan fingerprint density at radius 2 is 1.57 bits per heavy atom. The van der Waals surface area contributed by atoms with Crippen molar-refractivity contribution in [2.45, 2.75) is 11.4 Å². The van der Waals surface area contributed by atoms with E-state index in [1.165, 1.54) is 12.1 Å². The van der Waals surface area contributed by atoms with Crippen molar-refractivity contribution >= 4 is 32.3 Å². The zero-order chi connectivity index (χ0) is 21.1. The molecule has 0 aliphatic carbocycles. The molecule has 0 aliphatic heterocycles. The maximum Gasteiger partial charge on any atom is 0.239 e. The van der Waals surface area contributed by atoms with Gasteiger partial charge >= 0.3 is 0 Å². The number of carbonyl (C=O) groups is 1. The third-order valence-corrected chi connectivity index (χ3v) is 6.37. The minimum atomic E-state index is -3.88. The molecule has 0 unspecified atom stereocenters. The number of rotatable bonds is 6. The lowest BCUT2D eigenvalue weighted by molar-refractivity contribution is -0.113. The van der Waals surface area contributed by atoms with Crippen LogP contribution in [0.2, 0.25) is 0 Å². The summed E-state index contributed by atoms with van der Waals surface area (Å²) in [5.74, 6) is -1.59. The number of hydrogen-bond donors (Lipinski definition) is 1. The maximum atomic E-state index is 13.2. The monoisotopic (exact) mass is 422 g/mol. The topological polar surface area (TPSA) is 68.2 Å². The number of carbonyl (C=O) groups excluding carboxylic acids is 1. The number of anilines is 1. The van der Waals surface area contributed by atoms with Crippen LogP contribution in [0.3, 0.4) is 0 Å². The van der Waals surface area contributed by atoms with Crippen molar-refractivity contribution in [1.82, 2.24) is 4.57 Å². The van der Waals surface area contributed by atoms with E-state index in [1.807, 2.05) is 18.2 Å². The average Bonchev–Trinajstić information content (AvgIpc) is 3.10. The predicted molar refractivity (Wildman–Crippen MR) is 115 cm³/mol. The van der Waals surface area contributed by atoms with Gasteiger partial charge in [0.2, 0.25) is 5.91 Å². The molecule has 5 nitrogen and oxygen atoms in total. The molecule has 0 bridgehead atoms. The van der Waals surface area contributed by atoms with Crippen LogP contribution in [0.15, 0.2) is 90.0 Å². The van der Waals surface area contributed by atoms with Crippen molar-refractivity contribution in [3.05, 3.63) is 96.4 Å². The molecule has 0 aliphatic rings. The van der Waals surface area contributed by atoms with Crippen molar-refractivity contribution in [3.63, 3.8) is 0 Å². The summed E-state index contributed by atoms with van der Waals surface area (Å²) in [6.45, 7) is 0.381. The van der Waals surface area contributed by atoms with Crippen LogP contribution in [-0.2, 0) is 21.2 Å². The molecule has 7 heteroatoms. The number of hydrogen-bond acceptors (Lipinski definition) is 3. The van der Waals surface area contributed by atoms with Crippen LogP contribution in [0.1, 0.15) is 5.56 Å². The van der Waals surface area contributed by atoms with E-state index in [0.29, 0.717) is 17.6 Å². The number of amides is 1. The van der Waals surface area contributed by atoms with E-state index in [0.717, 1.165) is 11.1 Å². The van der Waals surface area contributed by atoms with E-state index in [2.05, 4.69) is 5.32 Å². The van der Waals surface area contributed by atoms with Gasteiger partial charge in [-0.25, -0.2) is 12.8 Å². The number of sulfone groups is 1.